The summed E-state index contributed by atoms with van der Waals surface area (Å²) < 4.78 is 14.1. The average molecular weight is 338 g/mol. The van der Waals surface area contributed by atoms with Gasteiger partial charge in [-0.1, -0.05) is 22.9 Å². The molecule has 0 bridgehead atoms. The zero-order valence-electron chi connectivity index (χ0n) is 10.8. The minimum Gasteiger partial charge on any atom is -0.383 e. The number of nitrogens with two attached hydrogens (primary N) is 1. The predicted octanol–water partition coefficient (Wildman–Crippen LogP) is 3.38. The fraction of sp³-hybridized carbons (Fsp3) is 0.143. The summed E-state index contributed by atoms with van der Waals surface area (Å²) in [5, 5.41) is 2.73. The molecule has 2 aromatic rings. The molecule has 0 saturated heterocycles. The minimum atomic E-state index is -0.601. The predicted molar refractivity (Wildman–Crippen MR) is 80.1 cm³/mol. The second-order valence-corrected chi connectivity index (χ2v) is 5.11. The number of benzene rings is 1. The van der Waals surface area contributed by atoms with Crippen molar-refractivity contribution in [3.05, 3.63) is 51.9 Å². The summed E-state index contributed by atoms with van der Waals surface area (Å²) in [5.41, 5.74) is 7.25. The van der Waals surface area contributed by atoms with E-state index >= 15 is 0 Å². The maximum absolute atomic E-state index is 13.1. The molecule has 0 atom stereocenters. The lowest BCUT2D eigenvalue weighted by molar-refractivity contribution is 0.102. The van der Waals surface area contributed by atoms with Crippen LogP contribution in [0.15, 0.2) is 34.9 Å². The van der Waals surface area contributed by atoms with E-state index < -0.39 is 11.7 Å². The molecule has 3 N–H and O–H groups in total. The van der Waals surface area contributed by atoms with Crippen LogP contribution in [0.3, 0.4) is 0 Å². The maximum atomic E-state index is 13.1. The van der Waals surface area contributed by atoms with Gasteiger partial charge in [0, 0.05) is 10.2 Å². The van der Waals surface area contributed by atoms with Crippen LogP contribution in [0.1, 0.15) is 22.8 Å². The lowest BCUT2D eigenvalue weighted by Crippen LogP contribution is -2.16. The van der Waals surface area contributed by atoms with Gasteiger partial charge in [0.2, 0.25) is 0 Å². The van der Waals surface area contributed by atoms with Crippen LogP contribution in [0, 0.1) is 5.82 Å². The molecule has 1 heterocycles. The Kier molecular flexibility index (Phi) is 4.34. The third-order valence-electron chi connectivity index (χ3n) is 2.83. The fourth-order valence-electron chi connectivity index (χ4n) is 1.80. The number of aryl methyl sites for hydroxylation is 1. The van der Waals surface area contributed by atoms with Crippen LogP contribution in [0.25, 0.3) is 0 Å². The van der Waals surface area contributed by atoms with Crippen molar-refractivity contribution in [2.75, 3.05) is 11.1 Å². The molecule has 4 nitrogen and oxygen atoms in total. The summed E-state index contributed by atoms with van der Waals surface area (Å²) in [6, 6.07) is 6.59. The molecule has 0 aliphatic heterocycles. The van der Waals surface area contributed by atoms with E-state index in [-0.39, 0.29) is 11.4 Å². The summed E-state index contributed by atoms with van der Waals surface area (Å²) in [4.78, 5) is 15.8. The van der Waals surface area contributed by atoms with Crippen molar-refractivity contribution >= 4 is 33.3 Å². The van der Waals surface area contributed by atoms with Gasteiger partial charge in [0.05, 0.1) is 11.8 Å². The van der Waals surface area contributed by atoms with Crippen LogP contribution in [-0.2, 0) is 6.42 Å². The SMILES string of the molecule is CCc1cc(Br)ccc1NC(=O)c1cc(F)cnc1N. The van der Waals surface area contributed by atoms with Crippen molar-refractivity contribution in [3.8, 4) is 0 Å². The van der Waals surface area contributed by atoms with Crippen molar-refractivity contribution in [3.63, 3.8) is 0 Å². The number of hydrogen-bond donors (Lipinski definition) is 2. The van der Waals surface area contributed by atoms with E-state index in [9.17, 15) is 9.18 Å². The number of nitrogen functional groups attached to an aromatic ring is 1. The highest BCUT2D eigenvalue weighted by Crippen LogP contribution is 2.22. The molecule has 0 aliphatic rings. The Hall–Kier alpha value is -1.95. The molecular formula is C14H13BrFN3O. The fourth-order valence-corrected chi connectivity index (χ4v) is 2.21. The molecule has 2 rings (SSSR count). The largest absolute Gasteiger partial charge is 0.383 e. The Morgan fingerprint density at radius 1 is 1.45 bits per heavy atom. The first kappa shape index (κ1) is 14.5. The number of carbonyl (C=O) groups is 1. The number of anilines is 2. The van der Waals surface area contributed by atoms with Gasteiger partial charge in [0.25, 0.3) is 5.91 Å². The van der Waals surface area contributed by atoms with Gasteiger partial charge in [-0.3, -0.25) is 4.79 Å². The monoisotopic (exact) mass is 337 g/mol. The van der Waals surface area contributed by atoms with Crippen LogP contribution >= 0.6 is 15.9 Å². The number of aromatic nitrogens is 1. The lowest BCUT2D eigenvalue weighted by atomic mass is 10.1. The summed E-state index contributed by atoms with van der Waals surface area (Å²) >= 11 is 3.38. The molecule has 6 heteroatoms. The highest BCUT2D eigenvalue weighted by atomic mass is 79.9. The third-order valence-corrected chi connectivity index (χ3v) is 3.32. The van der Waals surface area contributed by atoms with E-state index in [1.165, 1.54) is 0 Å². The third kappa shape index (κ3) is 3.14. The highest BCUT2D eigenvalue weighted by molar-refractivity contribution is 9.10. The molecule has 104 valence electrons. The van der Waals surface area contributed by atoms with E-state index in [4.69, 9.17) is 5.73 Å². The van der Waals surface area contributed by atoms with Gasteiger partial charge in [0.15, 0.2) is 0 Å². The maximum Gasteiger partial charge on any atom is 0.259 e. The van der Waals surface area contributed by atoms with Gasteiger partial charge in [-0.05, 0) is 36.2 Å². The van der Waals surface area contributed by atoms with E-state index in [1.807, 2.05) is 19.1 Å². The number of nitrogens with one attached hydrogen (secondary N) is 1. The molecular weight excluding hydrogens is 325 g/mol. The van der Waals surface area contributed by atoms with Gasteiger partial charge < -0.3 is 11.1 Å². The van der Waals surface area contributed by atoms with Crippen molar-refractivity contribution < 1.29 is 9.18 Å². The Bertz CT molecular complexity index is 661. The summed E-state index contributed by atoms with van der Waals surface area (Å²) in [6.45, 7) is 1.98. The van der Waals surface area contributed by atoms with Crippen LogP contribution < -0.4 is 11.1 Å². The molecule has 0 fully saturated rings. The second kappa shape index (κ2) is 6.00. The Morgan fingerprint density at radius 3 is 2.90 bits per heavy atom. The number of amides is 1. The van der Waals surface area contributed by atoms with Crippen LogP contribution in [-0.4, -0.2) is 10.9 Å². The Labute approximate surface area is 124 Å². The zero-order valence-corrected chi connectivity index (χ0v) is 12.4. The van der Waals surface area contributed by atoms with Crippen molar-refractivity contribution in [2.24, 2.45) is 0 Å². The number of pyridine rings is 1. The molecule has 0 radical (unpaired) electrons. The van der Waals surface area contributed by atoms with E-state index in [2.05, 4.69) is 26.2 Å². The second-order valence-electron chi connectivity index (χ2n) is 4.20. The normalized spacial score (nSPS) is 10.3. The average Bonchev–Trinajstić information content (AvgIpc) is 2.43. The summed E-state index contributed by atoms with van der Waals surface area (Å²) in [5.74, 6) is -1.08. The van der Waals surface area contributed by atoms with Crippen molar-refractivity contribution in [1.29, 1.82) is 0 Å². The molecule has 1 aromatic heterocycles. The first-order chi connectivity index (χ1) is 9.51. The van der Waals surface area contributed by atoms with Crippen molar-refractivity contribution in [1.82, 2.24) is 4.98 Å². The van der Waals surface area contributed by atoms with Gasteiger partial charge in [0.1, 0.15) is 11.6 Å². The highest BCUT2D eigenvalue weighted by Gasteiger charge is 2.13. The zero-order chi connectivity index (χ0) is 14.7. The van der Waals surface area contributed by atoms with E-state index in [1.54, 1.807) is 6.07 Å². The van der Waals surface area contributed by atoms with Gasteiger partial charge >= 0.3 is 0 Å². The topological polar surface area (TPSA) is 68.0 Å². The van der Waals surface area contributed by atoms with E-state index in [0.29, 0.717) is 5.69 Å². The van der Waals surface area contributed by atoms with Crippen molar-refractivity contribution in [2.45, 2.75) is 13.3 Å². The molecule has 1 aromatic carbocycles. The van der Waals surface area contributed by atoms with Gasteiger partial charge in [-0.2, -0.15) is 0 Å². The number of nitrogens with zero attached hydrogens (tertiary/aromatic N) is 1. The van der Waals surface area contributed by atoms with Gasteiger partial charge in [-0.15, -0.1) is 0 Å². The molecule has 1 amide bonds. The van der Waals surface area contributed by atoms with Crippen LogP contribution in [0.4, 0.5) is 15.9 Å². The first-order valence-electron chi connectivity index (χ1n) is 6.02. The molecule has 0 aliphatic carbocycles. The smallest absolute Gasteiger partial charge is 0.259 e. The van der Waals surface area contributed by atoms with Gasteiger partial charge in [-0.25, -0.2) is 9.37 Å². The summed E-state index contributed by atoms with van der Waals surface area (Å²) in [6.07, 6.45) is 1.73. The first-order valence-corrected chi connectivity index (χ1v) is 6.81. The number of halogens is 2. The Balaban J connectivity index is 2.30. The quantitative estimate of drug-likeness (QED) is 0.902. The number of rotatable bonds is 3. The standard InChI is InChI=1S/C14H13BrFN3O/c1-2-8-5-9(15)3-4-12(8)19-14(20)11-6-10(16)7-18-13(11)17/h3-7H,2H2,1H3,(H2,17,18)(H,19,20). The minimum absolute atomic E-state index is 0.000870. The molecule has 20 heavy (non-hydrogen) atoms. The van der Waals surface area contributed by atoms with Crippen LogP contribution in [0.2, 0.25) is 0 Å². The Morgan fingerprint density at radius 2 is 2.20 bits per heavy atom. The summed E-state index contributed by atoms with van der Waals surface area (Å²) in [7, 11) is 0. The van der Waals surface area contributed by atoms with Crippen LogP contribution in [0.5, 0.6) is 0 Å². The molecule has 0 spiro atoms. The number of carbonyl (C=O) groups excluding carboxylic acids is 1. The lowest BCUT2D eigenvalue weighted by Gasteiger charge is -2.11. The molecule has 0 unspecified atom stereocenters. The number of hydrogen-bond acceptors (Lipinski definition) is 3. The van der Waals surface area contributed by atoms with E-state index in [0.717, 1.165) is 28.7 Å². The molecule has 0 saturated carbocycles.